The summed E-state index contributed by atoms with van der Waals surface area (Å²) in [4.78, 5) is 25.3. The van der Waals surface area contributed by atoms with Crippen LogP contribution in [0.15, 0.2) is 24.3 Å². The van der Waals surface area contributed by atoms with Gasteiger partial charge in [-0.25, -0.2) is 4.79 Å². The predicted octanol–water partition coefficient (Wildman–Crippen LogP) is 1.10. The molecule has 0 bridgehead atoms. The predicted molar refractivity (Wildman–Crippen MR) is 75.3 cm³/mol. The Labute approximate surface area is 123 Å². The number of carbonyl (C=O) groups excluding carboxylic acids is 2. The van der Waals surface area contributed by atoms with Crippen LogP contribution < -0.4 is 4.74 Å². The molecule has 6 heteroatoms. The van der Waals surface area contributed by atoms with Gasteiger partial charge in [-0.15, -0.1) is 0 Å². The zero-order valence-corrected chi connectivity index (χ0v) is 12.2. The Morgan fingerprint density at radius 1 is 1.19 bits per heavy atom. The Hall–Kier alpha value is -2.08. The van der Waals surface area contributed by atoms with Crippen LogP contribution in [-0.4, -0.2) is 56.3 Å². The van der Waals surface area contributed by atoms with Gasteiger partial charge < -0.3 is 19.1 Å². The summed E-state index contributed by atoms with van der Waals surface area (Å²) in [6.45, 7) is 4.02. The molecule has 1 saturated heterocycles. The van der Waals surface area contributed by atoms with E-state index in [-0.39, 0.29) is 5.91 Å². The van der Waals surface area contributed by atoms with Crippen molar-refractivity contribution in [3.63, 3.8) is 0 Å². The zero-order valence-electron chi connectivity index (χ0n) is 12.2. The lowest BCUT2D eigenvalue weighted by Crippen LogP contribution is -2.46. The van der Waals surface area contributed by atoms with E-state index in [9.17, 15) is 9.59 Å². The van der Waals surface area contributed by atoms with Crippen molar-refractivity contribution in [2.24, 2.45) is 0 Å². The molecule has 0 radical (unpaired) electrons. The van der Waals surface area contributed by atoms with Gasteiger partial charge in [0.15, 0.2) is 6.10 Å². The fourth-order valence-electron chi connectivity index (χ4n) is 2.08. The Morgan fingerprint density at radius 3 is 2.38 bits per heavy atom. The van der Waals surface area contributed by atoms with Gasteiger partial charge in [0.25, 0.3) is 5.91 Å². The van der Waals surface area contributed by atoms with Gasteiger partial charge in [-0.1, -0.05) is 0 Å². The molecule has 0 aromatic heterocycles. The minimum atomic E-state index is -0.577. The van der Waals surface area contributed by atoms with Crippen LogP contribution in [0, 0.1) is 0 Å². The van der Waals surface area contributed by atoms with Crippen molar-refractivity contribution in [3.8, 4) is 5.75 Å². The van der Waals surface area contributed by atoms with Crippen LogP contribution in [0.1, 0.15) is 17.3 Å². The average molecular weight is 293 g/mol. The largest absolute Gasteiger partial charge is 0.481 e. The van der Waals surface area contributed by atoms with Crippen LogP contribution in [-0.2, 0) is 14.3 Å². The number of hydrogen-bond donors (Lipinski definition) is 0. The van der Waals surface area contributed by atoms with E-state index in [0.29, 0.717) is 37.6 Å². The third-order valence-electron chi connectivity index (χ3n) is 3.26. The van der Waals surface area contributed by atoms with E-state index >= 15 is 0 Å². The molecule has 0 N–H and O–H groups in total. The minimum absolute atomic E-state index is 0.0599. The molecule has 0 spiro atoms. The molecule has 1 aromatic rings. The number of rotatable bonds is 4. The van der Waals surface area contributed by atoms with E-state index in [2.05, 4.69) is 4.74 Å². The number of esters is 1. The second-order valence-electron chi connectivity index (χ2n) is 4.71. The SMILES string of the molecule is COC(=O)c1ccc(O[C@H](C)C(=O)N2CCOCC2)cc1. The lowest BCUT2D eigenvalue weighted by atomic mass is 10.2. The van der Waals surface area contributed by atoms with Crippen molar-refractivity contribution in [2.45, 2.75) is 13.0 Å². The summed E-state index contributed by atoms with van der Waals surface area (Å²) in [7, 11) is 1.33. The molecule has 0 saturated carbocycles. The molecule has 6 nitrogen and oxygen atoms in total. The number of benzene rings is 1. The smallest absolute Gasteiger partial charge is 0.337 e. The fraction of sp³-hybridized carbons (Fsp3) is 0.467. The summed E-state index contributed by atoms with van der Waals surface area (Å²) in [6, 6.07) is 6.50. The van der Waals surface area contributed by atoms with Crippen molar-refractivity contribution in [2.75, 3.05) is 33.4 Å². The number of carbonyl (C=O) groups is 2. The molecule has 114 valence electrons. The molecule has 1 aliphatic heterocycles. The molecule has 1 aliphatic rings. The van der Waals surface area contributed by atoms with Gasteiger partial charge in [0.05, 0.1) is 25.9 Å². The minimum Gasteiger partial charge on any atom is -0.481 e. The lowest BCUT2D eigenvalue weighted by Gasteiger charge is -2.29. The molecule has 21 heavy (non-hydrogen) atoms. The van der Waals surface area contributed by atoms with Gasteiger partial charge in [-0.2, -0.15) is 0 Å². The maximum absolute atomic E-state index is 12.2. The average Bonchev–Trinajstić information content (AvgIpc) is 2.55. The second kappa shape index (κ2) is 7.08. The van der Waals surface area contributed by atoms with Crippen molar-refractivity contribution in [3.05, 3.63) is 29.8 Å². The summed E-state index contributed by atoms with van der Waals surface area (Å²) in [5.41, 5.74) is 0.442. The first-order valence-electron chi connectivity index (χ1n) is 6.83. The maximum atomic E-state index is 12.2. The van der Waals surface area contributed by atoms with Crippen molar-refractivity contribution >= 4 is 11.9 Å². The number of methoxy groups -OCH3 is 1. The second-order valence-corrected chi connectivity index (χ2v) is 4.71. The monoisotopic (exact) mass is 293 g/mol. The van der Waals surface area contributed by atoms with Crippen molar-refractivity contribution in [1.29, 1.82) is 0 Å². The third kappa shape index (κ3) is 3.95. The molecule has 0 aliphatic carbocycles. The van der Waals surface area contributed by atoms with Gasteiger partial charge in [0, 0.05) is 13.1 Å². The zero-order chi connectivity index (χ0) is 15.2. The third-order valence-corrected chi connectivity index (χ3v) is 3.26. The van der Waals surface area contributed by atoms with Crippen LogP contribution in [0.5, 0.6) is 5.75 Å². The Balaban J connectivity index is 1.93. The van der Waals surface area contributed by atoms with E-state index in [1.54, 1.807) is 36.1 Å². The fourth-order valence-corrected chi connectivity index (χ4v) is 2.08. The van der Waals surface area contributed by atoms with Crippen LogP contribution >= 0.6 is 0 Å². The van der Waals surface area contributed by atoms with Gasteiger partial charge in [0.1, 0.15) is 5.75 Å². The van der Waals surface area contributed by atoms with E-state index in [0.717, 1.165) is 0 Å². The normalized spacial score (nSPS) is 16.2. The summed E-state index contributed by atoms with van der Waals surface area (Å²) in [5, 5.41) is 0. The standard InChI is InChI=1S/C15H19NO5/c1-11(14(17)16-7-9-20-10-8-16)21-13-5-3-12(4-6-13)15(18)19-2/h3-6,11H,7-10H2,1-2H3/t11-/m1/s1. The van der Waals surface area contributed by atoms with Gasteiger partial charge in [-0.3, -0.25) is 4.79 Å². The van der Waals surface area contributed by atoms with E-state index in [1.165, 1.54) is 7.11 Å². The van der Waals surface area contributed by atoms with Gasteiger partial charge in [0.2, 0.25) is 0 Å². The molecule has 1 heterocycles. The van der Waals surface area contributed by atoms with Crippen LogP contribution in [0.25, 0.3) is 0 Å². The van der Waals surface area contributed by atoms with Crippen LogP contribution in [0.4, 0.5) is 0 Å². The Morgan fingerprint density at radius 2 is 1.81 bits per heavy atom. The molecular weight excluding hydrogens is 274 g/mol. The van der Waals surface area contributed by atoms with E-state index in [4.69, 9.17) is 9.47 Å². The summed E-state index contributed by atoms with van der Waals surface area (Å²) >= 11 is 0. The molecule has 0 unspecified atom stereocenters. The van der Waals surface area contributed by atoms with Crippen LogP contribution in [0.2, 0.25) is 0 Å². The topological polar surface area (TPSA) is 65.1 Å². The lowest BCUT2D eigenvalue weighted by molar-refractivity contribution is -0.142. The van der Waals surface area contributed by atoms with E-state index in [1.807, 2.05) is 0 Å². The van der Waals surface area contributed by atoms with Gasteiger partial charge >= 0.3 is 5.97 Å². The molecule has 1 atom stereocenters. The highest BCUT2D eigenvalue weighted by Crippen LogP contribution is 2.15. The van der Waals surface area contributed by atoms with Crippen LogP contribution in [0.3, 0.4) is 0 Å². The summed E-state index contributed by atoms with van der Waals surface area (Å²) in [5.74, 6) is 0.0751. The highest BCUT2D eigenvalue weighted by molar-refractivity contribution is 5.89. The number of hydrogen-bond acceptors (Lipinski definition) is 5. The molecule has 1 amide bonds. The first-order chi connectivity index (χ1) is 10.1. The molecule has 1 aromatic carbocycles. The number of ether oxygens (including phenoxy) is 3. The molecule has 1 fully saturated rings. The first-order valence-corrected chi connectivity index (χ1v) is 6.83. The summed E-state index contributed by atoms with van der Waals surface area (Å²) < 4.78 is 15.5. The quantitative estimate of drug-likeness (QED) is 0.778. The summed E-state index contributed by atoms with van der Waals surface area (Å²) in [6.07, 6.45) is -0.577. The van der Waals surface area contributed by atoms with Gasteiger partial charge in [-0.05, 0) is 31.2 Å². The number of morpholine rings is 1. The first kappa shape index (κ1) is 15.3. The van der Waals surface area contributed by atoms with E-state index < -0.39 is 12.1 Å². The number of nitrogens with zero attached hydrogens (tertiary/aromatic N) is 1. The Kier molecular flexibility index (Phi) is 5.16. The maximum Gasteiger partial charge on any atom is 0.337 e. The highest BCUT2D eigenvalue weighted by atomic mass is 16.5. The Bertz CT molecular complexity index is 493. The van der Waals surface area contributed by atoms with Crippen molar-refractivity contribution in [1.82, 2.24) is 4.90 Å². The van der Waals surface area contributed by atoms with Crippen molar-refractivity contribution < 1.29 is 23.8 Å². The number of amides is 1. The molecule has 2 rings (SSSR count). The highest BCUT2D eigenvalue weighted by Gasteiger charge is 2.23. The molecular formula is C15H19NO5.